The molecule has 3 aromatic carbocycles. The average Bonchev–Trinajstić information content (AvgIpc) is 2.71. The average molecular weight is 418 g/mol. The molecule has 3 rings (SSSR count). The molecule has 0 heterocycles. The molecule has 0 N–H and O–H groups in total. The van der Waals surface area contributed by atoms with E-state index in [1.54, 1.807) is 12.1 Å². The first-order chi connectivity index (χ1) is 14.4. The molecule has 0 unspecified atom stereocenters. The van der Waals surface area contributed by atoms with Crippen molar-refractivity contribution in [3.63, 3.8) is 0 Å². The highest BCUT2D eigenvalue weighted by Gasteiger charge is 2.19. The van der Waals surface area contributed by atoms with Gasteiger partial charge in [-0.05, 0) is 67.1 Å². The Morgan fingerprint density at radius 2 is 1.80 bits per heavy atom. The number of allylic oxidation sites excluding steroid dienone is 2. The van der Waals surface area contributed by atoms with E-state index in [2.05, 4.69) is 10.8 Å². The third kappa shape index (κ3) is 4.97. The van der Waals surface area contributed by atoms with Gasteiger partial charge in [0.2, 0.25) is 0 Å². The number of esters is 1. The van der Waals surface area contributed by atoms with Crippen LogP contribution >= 0.6 is 0 Å². The van der Waals surface area contributed by atoms with Gasteiger partial charge in [-0.2, -0.15) is 8.78 Å². The van der Waals surface area contributed by atoms with Crippen molar-refractivity contribution in [3.05, 3.63) is 83.4 Å². The lowest BCUT2D eigenvalue weighted by Gasteiger charge is -2.11. The van der Waals surface area contributed by atoms with Crippen molar-refractivity contribution < 1.29 is 31.8 Å². The van der Waals surface area contributed by atoms with Crippen LogP contribution in [0.15, 0.2) is 60.7 Å². The molecule has 0 saturated carbocycles. The molecule has 3 nitrogen and oxygen atoms in total. The molecule has 0 atom stereocenters. The van der Waals surface area contributed by atoms with Crippen LogP contribution in [0.4, 0.5) is 17.6 Å². The minimum atomic E-state index is -3.36. The highest BCUT2D eigenvalue weighted by atomic mass is 19.3. The minimum Gasteiger partial charge on any atom is -0.429 e. The van der Waals surface area contributed by atoms with Gasteiger partial charge in [-0.3, -0.25) is 0 Å². The molecular weight excluding hydrogens is 400 g/mol. The number of aryl methyl sites for hydroxylation is 1. The SMILES string of the molecule is C/C=C/CCc1ccc(C(=O)Oc2ccc3c(F)c(OC(F)F)c(F)cc3c2)cc1. The van der Waals surface area contributed by atoms with Crippen molar-refractivity contribution in [2.45, 2.75) is 26.4 Å². The highest BCUT2D eigenvalue weighted by molar-refractivity contribution is 5.92. The standard InChI is InChI=1S/C23H18F4O3/c1-2-3-4-5-14-6-8-15(9-7-14)22(28)29-17-10-11-18-16(12-17)13-19(24)21(20(18)25)30-23(26)27/h2-3,6-13,23H,4-5H2,1H3/b3-2+. The molecule has 0 aliphatic rings. The van der Waals surface area contributed by atoms with Crippen molar-refractivity contribution >= 4 is 16.7 Å². The maximum absolute atomic E-state index is 14.3. The number of alkyl halides is 2. The second-order valence-electron chi connectivity index (χ2n) is 6.46. The second kappa shape index (κ2) is 9.43. The van der Waals surface area contributed by atoms with Gasteiger partial charge in [0.15, 0.2) is 17.4 Å². The second-order valence-corrected chi connectivity index (χ2v) is 6.46. The molecule has 156 valence electrons. The molecule has 7 heteroatoms. The maximum atomic E-state index is 14.3. The zero-order valence-corrected chi connectivity index (χ0v) is 16.0. The molecule has 0 fully saturated rings. The Labute approximate surface area is 170 Å². The molecule has 0 bridgehead atoms. The predicted molar refractivity (Wildman–Crippen MR) is 105 cm³/mol. The van der Waals surface area contributed by atoms with Gasteiger partial charge in [0.1, 0.15) is 5.75 Å². The largest absolute Gasteiger partial charge is 0.429 e. The van der Waals surface area contributed by atoms with Crippen LogP contribution in [0.25, 0.3) is 10.8 Å². The first-order valence-electron chi connectivity index (χ1n) is 9.18. The highest BCUT2D eigenvalue weighted by Crippen LogP contribution is 2.33. The topological polar surface area (TPSA) is 35.5 Å². The summed E-state index contributed by atoms with van der Waals surface area (Å²) in [5, 5.41) is -0.103. The minimum absolute atomic E-state index is 0.0382. The van der Waals surface area contributed by atoms with Crippen LogP contribution in [0.3, 0.4) is 0 Å². The lowest BCUT2D eigenvalue weighted by atomic mass is 10.1. The van der Waals surface area contributed by atoms with E-state index < -0.39 is 30.0 Å². The molecule has 0 aliphatic carbocycles. The van der Waals surface area contributed by atoms with Crippen LogP contribution in [0, 0.1) is 11.6 Å². The van der Waals surface area contributed by atoms with E-state index >= 15 is 0 Å². The molecular formula is C23H18F4O3. The number of hydrogen-bond donors (Lipinski definition) is 0. The van der Waals surface area contributed by atoms with Crippen molar-refractivity contribution in [2.75, 3.05) is 0 Å². The quantitative estimate of drug-likeness (QED) is 0.192. The van der Waals surface area contributed by atoms with E-state index in [1.807, 2.05) is 25.1 Å². The van der Waals surface area contributed by atoms with Crippen LogP contribution in [-0.2, 0) is 6.42 Å². The summed E-state index contributed by atoms with van der Waals surface area (Å²) in [5.41, 5.74) is 1.39. The summed E-state index contributed by atoms with van der Waals surface area (Å²) in [4.78, 5) is 12.3. The molecule has 0 saturated heterocycles. The number of fused-ring (bicyclic) bond motifs is 1. The number of ether oxygens (including phenoxy) is 2. The molecule has 30 heavy (non-hydrogen) atoms. The molecule has 0 aromatic heterocycles. The first-order valence-corrected chi connectivity index (χ1v) is 9.18. The van der Waals surface area contributed by atoms with Crippen molar-refractivity contribution in [1.29, 1.82) is 0 Å². The summed E-state index contributed by atoms with van der Waals surface area (Å²) in [6.07, 6.45) is 5.77. The van der Waals surface area contributed by atoms with Crippen molar-refractivity contribution in [3.8, 4) is 11.5 Å². The number of halogens is 4. The summed E-state index contributed by atoms with van der Waals surface area (Å²) < 4.78 is 62.1. The molecule has 0 spiro atoms. The normalized spacial score (nSPS) is 11.4. The summed E-state index contributed by atoms with van der Waals surface area (Å²) in [6.45, 7) is -1.41. The van der Waals surface area contributed by atoms with Gasteiger partial charge in [0.05, 0.1) is 5.56 Å². The number of hydrogen-bond acceptors (Lipinski definition) is 3. The van der Waals surface area contributed by atoms with E-state index in [4.69, 9.17) is 4.74 Å². The van der Waals surface area contributed by atoms with Crippen LogP contribution in [0.1, 0.15) is 29.3 Å². The van der Waals surface area contributed by atoms with Crippen molar-refractivity contribution in [2.24, 2.45) is 0 Å². The van der Waals surface area contributed by atoms with Crippen molar-refractivity contribution in [1.82, 2.24) is 0 Å². The molecule has 0 amide bonds. The van der Waals surface area contributed by atoms with E-state index in [-0.39, 0.29) is 16.5 Å². The van der Waals surface area contributed by atoms with Gasteiger partial charge in [-0.25, -0.2) is 13.6 Å². The van der Waals surface area contributed by atoms with Gasteiger partial charge in [0.25, 0.3) is 0 Å². The van der Waals surface area contributed by atoms with Gasteiger partial charge in [-0.15, -0.1) is 0 Å². The number of carbonyl (C=O) groups excluding carboxylic acids is 1. The third-order valence-electron chi connectivity index (χ3n) is 4.40. The van der Waals surface area contributed by atoms with Crippen LogP contribution in [-0.4, -0.2) is 12.6 Å². The van der Waals surface area contributed by atoms with Gasteiger partial charge >= 0.3 is 12.6 Å². The zero-order valence-electron chi connectivity index (χ0n) is 16.0. The molecule has 0 aliphatic heterocycles. The third-order valence-corrected chi connectivity index (χ3v) is 4.40. The lowest BCUT2D eigenvalue weighted by Crippen LogP contribution is -2.09. The smallest absolute Gasteiger partial charge is 0.387 e. The Bertz CT molecular complexity index is 1080. The maximum Gasteiger partial charge on any atom is 0.387 e. The van der Waals surface area contributed by atoms with E-state index in [9.17, 15) is 22.4 Å². The Morgan fingerprint density at radius 1 is 1.07 bits per heavy atom. The molecule has 0 radical (unpaired) electrons. The van der Waals surface area contributed by atoms with Crippen LogP contribution < -0.4 is 9.47 Å². The lowest BCUT2D eigenvalue weighted by molar-refractivity contribution is -0.0544. The van der Waals surface area contributed by atoms with E-state index in [0.29, 0.717) is 5.56 Å². The fourth-order valence-corrected chi connectivity index (χ4v) is 2.94. The summed E-state index contributed by atoms with van der Waals surface area (Å²) in [7, 11) is 0. The summed E-state index contributed by atoms with van der Waals surface area (Å²) in [5.74, 6) is -4.26. The molecule has 3 aromatic rings. The van der Waals surface area contributed by atoms with Crippen LogP contribution in [0.2, 0.25) is 0 Å². The van der Waals surface area contributed by atoms with Crippen LogP contribution in [0.5, 0.6) is 11.5 Å². The van der Waals surface area contributed by atoms with Gasteiger partial charge in [0, 0.05) is 5.39 Å². The Kier molecular flexibility index (Phi) is 6.72. The zero-order chi connectivity index (χ0) is 21.7. The Morgan fingerprint density at radius 3 is 2.47 bits per heavy atom. The monoisotopic (exact) mass is 418 g/mol. The fourth-order valence-electron chi connectivity index (χ4n) is 2.94. The summed E-state index contributed by atoms with van der Waals surface area (Å²) >= 11 is 0. The Balaban J connectivity index is 1.78. The number of rotatable bonds is 7. The van der Waals surface area contributed by atoms with Gasteiger partial charge in [-0.1, -0.05) is 24.3 Å². The van der Waals surface area contributed by atoms with E-state index in [0.717, 1.165) is 24.5 Å². The summed E-state index contributed by atoms with van der Waals surface area (Å²) in [6, 6.07) is 11.5. The number of carbonyl (C=O) groups is 1. The van der Waals surface area contributed by atoms with E-state index in [1.165, 1.54) is 18.2 Å². The fraction of sp³-hybridized carbons (Fsp3) is 0.174. The predicted octanol–water partition coefficient (Wildman–Crippen LogP) is 6.45. The van der Waals surface area contributed by atoms with Gasteiger partial charge < -0.3 is 9.47 Å². The number of benzene rings is 3. The Hall–Kier alpha value is -3.35. The first kappa shape index (κ1) is 21.4.